The first-order valence-corrected chi connectivity index (χ1v) is 10.4. The van der Waals surface area contributed by atoms with Crippen LogP contribution in [0.4, 0.5) is 10.1 Å². The van der Waals surface area contributed by atoms with E-state index in [0.717, 1.165) is 31.1 Å². The molecule has 0 radical (unpaired) electrons. The van der Waals surface area contributed by atoms with Gasteiger partial charge in [-0.1, -0.05) is 12.1 Å². The fourth-order valence-corrected chi connectivity index (χ4v) is 4.17. The van der Waals surface area contributed by atoms with Crippen molar-refractivity contribution < 1.29 is 23.8 Å². The van der Waals surface area contributed by atoms with Gasteiger partial charge in [0.1, 0.15) is 32.0 Å². The van der Waals surface area contributed by atoms with E-state index in [0.29, 0.717) is 18.8 Å². The highest BCUT2D eigenvalue weighted by molar-refractivity contribution is 7.10. The maximum atomic E-state index is 13.2. The lowest BCUT2D eigenvalue weighted by molar-refractivity contribution is -1.00. The Hall–Kier alpha value is -2.29. The van der Waals surface area contributed by atoms with Crippen LogP contribution >= 0.6 is 11.3 Å². The lowest BCUT2D eigenvalue weighted by Crippen LogP contribution is -3.28. The molecule has 1 saturated heterocycles. The topological polar surface area (TPSA) is 67.1 Å². The molecule has 0 unspecified atom stereocenters. The molecular formula is C20H27FN4O2S+2. The highest BCUT2D eigenvalue weighted by Gasteiger charge is 2.26. The van der Waals surface area contributed by atoms with Gasteiger partial charge in [0.05, 0.1) is 6.04 Å². The third kappa shape index (κ3) is 6.12. The summed E-state index contributed by atoms with van der Waals surface area (Å²) in [5, 5.41) is 7.80. The molecule has 1 aromatic carbocycles. The predicted molar refractivity (Wildman–Crippen MR) is 107 cm³/mol. The normalized spacial score (nSPS) is 20.4. The number of amides is 2. The highest BCUT2D eigenvalue weighted by atomic mass is 32.1. The van der Waals surface area contributed by atoms with Gasteiger partial charge in [0, 0.05) is 10.6 Å². The number of thiophene rings is 1. The van der Waals surface area contributed by atoms with Crippen LogP contribution in [0.5, 0.6) is 0 Å². The summed E-state index contributed by atoms with van der Waals surface area (Å²) in [6.45, 7) is 6.17. The van der Waals surface area contributed by atoms with Gasteiger partial charge < -0.3 is 20.4 Å². The van der Waals surface area contributed by atoms with E-state index in [1.807, 2.05) is 24.4 Å². The molecule has 150 valence electrons. The van der Waals surface area contributed by atoms with Crippen LogP contribution in [-0.2, 0) is 9.59 Å². The molecular weight excluding hydrogens is 379 g/mol. The molecule has 3 rings (SSSR count). The molecule has 1 atom stereocenters. The van der Waals surface area contributed by atoms with Crippen molar-refractivity contribution in [2.75, 3.05) is 44.6 Å². The van der Waals surface area contributed by atoms with E-state index in [2.05, 4.69) is 10.6 Å². The van der Waals surface area contributed by atoms with Crippen LogP contribution in [0, 0.1) is 5.82 Å². The minimum absolute atomic E-state index is 0.0327. The molecule has 0 saturated carbocycles. The van der Waals surface area contributed by atoms with Crippen molar-refractivity contribution in [1.82, 2.24) is 5.32 Å². The second kappa shape index (κ2) is 9.77. The molecule has 1 aliphatic heterocycles. The summed E-state index contributed by atoms with van der Waals surface area (Å²) in [6, 6.07) is 9.95. The van der Waals surface area contributed by atoms with E-state index in [1.165, 1.54) is 21.9 Å². The zero-order chi connectivity index (χ0) is 19.9. The van der Waals surface area contributed by atoms with Crippen LogP contribution in [-0.4, -0.2) is 51.1 Å². The van der Waals surface area contributed by atoms with Crippen LogP contribution in [0.2, 0.25) is 0 Å². The van der Waals surface area contributed by atoms with E-state index >= 15 is 0 Å². The Morgan fingerprint density at radius 2 is 1.75 bits per heavy atom. The molecule has 2 aromatic rings. The first kappa shape index (κ1) is 20.4. The zero-order valence-electron chi connectivity index (χ0n) is 16.0. The van der Waals surface area contributed by atoms with Crippen molar-refractivity contribution >= 4 is 28.8 Å². The average molecular weight is 407 g/mol. The molecule has 0 aliphatic carbocycles. The number of anilines is 1. The van der Waals surface area contributed by atoms with E-state index < -0.39 is 0 Å². The monoisotopic (exact) mass is 406 g/mol. The predicted octanol–water partition coefficient (Wildman–Crippen LogP) is -0.513. The Labute approximate surface area is 168 Å². The minimum Gasteiger partial charge on any atom is -0.344 e. The number of hydrogen-bond acceptors (Lipinski definition) is 3. The summed E-state index contributed by atoms with van der Waals surface area (Å²) in [5.41, 5.74) is 0.477. The van der Waals surface area contributed by atoms with E-state index in [-0.39, 0.29) is 23.7 Å². The molecule has 8 heteroatoms. The van der Waals surface area contributed by atoms with E-state index in [4.69, 9.17) is 0 Å². The SMILES string of the molecule is C[C@H](NC(=O)C[NH+]1CC[NH+](CC(=O)Nc2cccc(F)c2)CC1)c1cccs1. The smallest absolute Gasteiger partial charge is 0.279 e. The van der Waals surface area contributed by atoms with Gasteiger partial charge in [-0.25, -0.2) is 4.39 Å². The summed E-state index contributed by atoms with van der Waals surface area (Å²) >= 11 is 1.64. The molecule has 1 aliphatic rings. The van der Waals surface area contributed by atoms with Crippen LogP contribution < -0.4 is 20.4 Å². The average Bonchev–Trinajstić information content (AvgIpc) is 3.18. The van der Waals surface area contributed by atoms with Crippen LogP contribution in [0.25, 0.3) is 0 Å². The highest BCUT2D eigenvalue weighted by Crippen LogP contribution is 2.17. The molecule has 1 fully saturated rings. The molecule has 0 bridgehead atoms. The molecule has 6 nitrogen and oxygen atoms in total. The first-order valence-electron chi connectivity index (χ1n) is 9.55. The van der Waals surface area contributed by atoms with Crippen molar-refractivity contribution in [2.45, 2.75) is 13.0 Å². The first-order chi connectivity index (χ1) is 13.5. The van der Waals surface area contributed by atoms with Gasteiger partial charge in [0.25, 0.3) is 11.8 Å². The van der Waals surface area contributed by atoms with Crippen molar-refractivity contribution in [3.8, 4) is 0 Å². The van der Waals surface area contributed by atoms with Crippen LogP contribution in [0.3, 0.4) is 0 Å². The number of benzene rings is 1. The maximum Gasteiger partial charge on any atom is 0.279 e. The van der Waals surface area contributed by atoms with E-state index in [9.17, 15) is 14.0 Å². The number of carbonyl (C=O) groups is 2. The Balaban J connectivity index is 1.37. The fourth-order valence-electron chi connectivity index (χ4n) is 3.44. The van der Waals surface area contributed by atoms with Gasteiger partial charge in [-0.05, 0) is 36.6 Å². The number of nitrogens with one attached hydrogen (secondary N) is 4. The second-order valence-corrected chi connectivity index (χ2v) is 8.20. The molecule has 2 heterocycles. The fraction of sp³-hybridized carbons (Fsp3) is 0.400. The third-order valence-corrected chi connectivity index (χ3v) is 6.00. The molecule has 28 heavy (non-hydrogen) atoms. The Kier molecular flexibility index (Phi) is 7.13. The number of carbonyl (C=O) groups excluding carboxylic acids is 2. The van der Waals surface area contributed by atoms with E-state index in [1.54, 1.807) is 23.5 Å². The number of halogens is 1. The van der Waals surface area contributed by atoms with Gasteiger partial charge in [-0.2, -0.15) is 0 Å². The molecule has 2 amide bonds. The summed E-state index contributed by atoms with van der Waals surface area (Å²) in [7, 11) is 0. The Bertz CT molecular complexity index is 791. The van der Waals surface area contributed by atoms with Crippen molar-refractivity contribution in [3.63, 3.8) is 0 Å². The summed E-state index contributed by atoms with van der Waals surface area (Å²) in [6.07, 6.45) is 0. The van der Waals surface area contributed by atoms with Gasteiger partial charge in [0.2, 0.25) is 0 Å². The molecule has 1 aromatic heterocycles. The standard InChI is InChI=1S/C20H25FN4O2S/c1-15(18-6-3-11-28-18)22-19(26)13-24-7-9-25(10-8-24)14-20(27)23-17-5-2-4-16(21)12-17/h2-6,11-12,15H,7-10,13-14H2,1H3,(H,22,26)(H,23,27)/p+2/t15-/m0/s1. The Morgan fingerprint density at radius 1 is 1.07 bits per heavy atom. The van der Waals surface area contributed by atoms with Gasteiger partial charge >= 0.3 is 0 Å². The molecule has 4 N–H and O–H groups in total. The van der Waals surface area contributed by atoms with Gasteiger partial charge in [-0.3, -0.25) is 9.59 Å². The summed E-state index contributed by atoms with van der Waals surface area (Å²) in [5.74, 6) is -0.427. The van der Waals surface area contributed by atoms with Crippen LogP contribution in [0.1, 0.15) is 17.8 Å². The summed E-state index contributed by atoms with van der Waals surface area (Å²) < 4.78 is 13.2. The van der Waals surface area contributed by atoms with Crippen LogP contribution in [0.15, 0.2) is 41.8 Å². The molecule has 0 spiro atoms. The number of rotatable bonds is 7. The lowest BCUT2D eigenvalue weighted by atomic mass is 10.2. The lowest BCUT2D eigenvalue weighted by Gasteiger charge is -2.29. The number of quaternary nitrogens is 2. The number of hydrogen-bond donors (Lipinski definition) is 4. The summed E-state index contributed by atoms with van der Waals surface area (Å²) in [4.78, 5) is 28.0. The van der Waals surface area contributed by atoms with Crippen molar-refractivity contribution in [3.05, 3.63) is 52.5 Å². The van der Waals surface area contributed by atoms with Gasteiger partial charge in [-0.15, -0.1) is 11.3 Å². The quantitative estimate of drug-likeness (QED) is 0.500. The minimum atomic E-state index is -0.367. The maximum absolute atomic E-state index is 13.2. The third-order valence-electron chi connectivity index (χ3n) is 4.94. The zero-order valence-corrected chi connectivity index (χ0v) is 16.8. The van der Waals surface area contributed by atoms with Crippen molar-refractivity contribution in [2.24, 2.45) is 0 Å². The van der Waals surface area contributed by atoms with Crippen molar-refractivity contribution in [1.29, 1.82) is 0 Å². The largest absolute Gasteiger partial charge is 0.344 e. The van der Waals surface area contributed by atoms with Gasteiger partial charge in [0.15, 0.2) is 13.1 Å². The second-order valence-electron chi connectivity index (χ2n) is 7.22. The number of piperazine rings is 1. The Morgan fingerprint density at radius 3 is 2.36 bits per heavy atom.